The summed E-state index contributed by atoms with van der Waals surface area (Å²) in [5.74, 6) is -0.763. The van der Waals surface area contributed by atoms with Crippen molar-refractivity contribution in [2.24, 2.45) is 0 Å². The molecule has 0 saturated carbocycles. The number of aliphatic hydroxyl groups is 1. The maximum absolute atomic E-state index is 10.6. The van der Waals surface area contributed by atoms with Gasteiger partial charge < -0.3 is 15.1 Å². The van der Waals surface area contributed by atoms with Gasteiger partial charge in [-0.25, -0.2) is 0 Å². The summed E-state index contributed by atoms with van der Waals surface area (Å²) in [6.45, 7) is 4.40. The molecule has 0 bridgehead atoms. The van der Waals surface area contributed by atoms with Crippen molar-refractivity contribution >= 4 is 5.97 Å². The first-order valence-electron chi connectivity index (χ1n) is 8.75. The second kappa shape index (κ2) is 15.8. The molecule has 0 spiro atoms. The predicted molar refractivity (Wildman–Crippen MR) is 87.6 cm³/mol. The highest BCUT2D eigenvalue weighted by atomic mass is 16.4. The molecule has 0 aromatic heterocycles. The van der Waals surface area contributed by atoms with Gasteiger partial charge in [0, 0.05) is 13.1 Å². The Morgan fingerprint density at radius 1 is 0.810 bits per heavy atom. The molecule has 21 heavy (non-hydrogen) atoms. The molecular formula is C17H35NO3. The van der Waals surface area contributed by atoms with Crippen molar-refractivity contribution in [3.63, 3.8) is 0 Å². The van der Waals surface area contributed by atoms with Crippen molar-refractivity contribution in [2.75, 3.05) is 26.2 Å². The second-order valence-corrected chi connectivity index (χ2v) is 5.89. The Labute approximate surface area is 130 Å². The Morgan fingerprint density at radius 2 is 1.33 bits per heavy atom. The third-order valence-electron chi connectivity index (χ3n) is 3.89. The van der Waals surface area contributed by atoms with Crippen molar-refractivity contribution < 1.29 is 15.0 Å². The zero-order chi connectivity index (χ0) is 15.8. The van der Waals surface area contributed by atoms with Gasteiger partial charge in [0.05, 0.1) is 13.0 Å². The van der Waals surface area contributed by atoms with E-state index in [0.717, 1.165) is 13.0 Å². The quantitative estimate of drug-likeness (QED) is 0.427. The topological polar surface area (TPSA) is 60.8 Å². The summed E-state index contributed by atoms with van der Waals surface area (Å²) in [6, 6.07) is 0. The highest BCUT2D eigenvalue weighted by Crippen LogP contribution is 2.10. The van der Waals surface area contributed by atoms with Gasteiger partial charge in [0.2, 0.25) is 0 Å². The molecule has 2 N–H and O–H groups in total. The standard InChI is InChI=1S/C17H35NO3/c1-2-3-4-5-6-7-8-9-10-11-13-18(15-16-19)14-12-17(20)21/h19H,2-16H2,1H3,(H,20,21). The number of hydrogen-bond acceptors (Lipinski definition) is 3. The number of carbonyl (C=O) groups is 1. The van der Waals surface area contributed by atoms with Crippen LogP contribution in [0.25, 0.3) is 0 Å². The fourth-order valence-corrected chi connectivity index (χ4v) is 2.55. The van der Waals surface area contributed by atoms with E-state index in [0.29, 0.717) is 13.1 Å². The molecule has 0 rings (SSSR count). The minimum Gasteiger partial charge on any atom is -0.481 e. The molecule has 0 aliphatic rings. The number of carboxylic acids is 1. The molecule has 0 heterocycles. The molecule has 0 amide bonds. The van der Waals surface area contributed by atoms with E-state index in [9.17, 15) is 4.79 Å². The molecule has 0 radical (unpaired) electrons. The zero-order valence-corrected chi connectivity index (χ0v) is 13.9. The fourth-order valence-electron chi connectivity index (χ4n) is 2.55. The summed E-state index contributed by atoms with van der Waals surface area (Å²) >= 11 is 0. The smallest absolute Gasteiger partial charge is 0.304 e. The summed E-state index contributed by atoms with van der Waals surface area (Å²) in [5.41, 5.74) is 0. The molecule has 4 heteroatoms. The summed E-state index contributed by atoms with van der Waals surface area (Å²) in [5, 5.41) is 17.7. The van der Waals surface area contributed by atoms with Gasteiger partial charge in [-0.3, -0.25) is 4.79 Å². The van der Waals surface area contributed by atoms with Crippen LogP contribution in [0.15, 0.2) is 0 Å². The number of carboxylic acid groups (broad SMARTS) is 1. The maximum atomic E-state index is 10.6. The number of hydrogen-bond donors (Lipinski definition) is 2. The molecule has 0 atom stereocenters. The fraction of sp³-hybridized carbons (Fsp3) is 0.941. The van der Waals surface area contributed by atoms with E-state index in [4.69, 9.17) is 10.2 Å². The van der Waals surface area contributed by atoms with E-state index in [-0.39, 0.29) is 13.0 Å². The molecule has 0 saturated heterocycles. The first kappa shape index (κ1) is 20.4. The average Bonchev–Trinajstić information content (AvgIpc) is 2.46. The summed E-state index contributed by atoms with van der Waals surface area (Å²) < 4.78 is 0. The number of aliphatic carboxylic acids is 1. The molecule has 0 aromatic rings. The first-order valence-corrected chi connectivity index (χ1v) is 8.75. The van der Waals surface area contributed by atoms with Crippen LogP contribution in [0.2, 0.25) is 0 Å². The van der Waals surface area contributed by atoms with Crippen LogP contribution in [0, 0.1) is 0 Å². The van der Waals surface area contributed by atoms with Gasteiger partial charge in [-0.1, -0.05) is 64.7 Å². The Balaban J connectivity index is 3.38. The Morgan fingerprint density at radius 3 is 1.81 bits per heavy atom. The lowest BCUT2D eigenvalue weighted by Crippen LogP contribution is -2.30. The molecule has 126 valence electrons. The summed E-state index contributed by atoms with van der Waals surface area (Å²) in [4.78, 5) is 12.6. The van der Waals surface area contributed by atoms with Crippen molar-refractivity contribution in [3.8, 4) is 0 Å². The number of nitrogens with zero attached hydrogens (tertiary/aromatic N) is 1. The van der Waals surface area contributed by atoms with Crippen LogP contribution in [0.3, 0.4) is 0 Å². The minimum atomic E-state index is -0.763. The Bertz CT molecular complexity index is 234. The number of unbranched alkanes of at least 4 members (excludes halogenated alkanes) is 9. The van der Waals surface area contributed by atoms with Gasteiger partial charge in [-0.05, 0) is 13.0 Å². The van der Waals surface area contributed by atoms with Gasteiger partial charge in [0.1, 0.15) is 0 Å². The highest BCUT2D eigenvalue weighted by Gasteiger charge is 2.06. The van der Waals surface area contributed by atoms with E-state index in [1.807, 2.05) is 0 Å². The van der Waals surface area contributed by atoms with Gasteiger partial charge in [-0.15, -0.1) is 0 Å². The molecule has 0 aromatic carbocycles. The van der Waals surface area contributed by atoms with Crippen LogP contribution < -0.4 is 0 Å². The lowest BCUT2D eigenvalue weighted by Gasteiger charge is -2.20. The largest absolute Gasteiger partial charge is 0.481 e. The Hall–Kier alpha value is -0.610. The molecule has 4 nitrogen and oxygen atoms in total. The summed E-state index contributed by atoms with van der Waals surface area (Å²) in [7, 11) is 0. The van der Waals surface area contributed by atoms with E-state index in [2.05, 4.69) is 11.8 Å². The maximum Gasteiger partial charge on any atom is 0.304 e. The van der Waals surface area contributed by atoms with E-state index in [1.54, 1.807) is 0 Å². The first-order chi connectivity index (χ1) is 10.2. The van der Waals surface area contributed by atoms with Crippen molar-refractivity contribution in [1.29, 1.82) is 0 Å². The van der Waals surface area contributed by atoms with Crippen LogP contribution in [-0.2, 0) is 4.79 Å². The SMILES string of the molecule is CCCCCCCCCCCCN(CCO)CCC(=O)O. The third-order valence-corrected chi connectivity index (χ3v) is 3.89. The lowest BCUT2D eigenvalue weighted by atomic mass is 10.1. The lowest BCUT2D eigenvalue weighted by molar-refractivity contribution is -0.137. The van der Waals surface area contributed by atoms with E-state index < -0.39 is 5.97 Å². The van der Waals surface area contributed by atoms with E-state index >= 15 is 0 Å². The molecule has 0 unspecified atom stereocenters. The van der Waals surface area contributed by atoms with Gasteiger partial charge in [0.15, 0.2) is 0 Å². The normalized spacial score (nSPS) is 11.2. The Kier molecular flexibility index (Phi) is 15.3. The van der Waals surface area contributed by atoms with Crippen LogP contribution in [-0.4, -0.2) is 47.3 Å². The highest BCUT2D eigenvalue weighted by molar-refractivity contribution is 5.66. The van der Waals surface area contributed by atoms with Crippen molar-refractivity contribution in [3.05, 3.63) is 0 Å². The predicted octanol–water partition coefficient (Wildman–Crippen LogP) is 3.68. The van der Waals surface area contributed by atoms with Crippen LogP contribution >= 0.6 is 0 Å². The minimum absolute atomic E-state index is 0.109. The molecule has 0 aliphatic heterocycles. The zero-order valence-electron chi connectivity index (χ0n) is 13.9. The van der Waals surface area contributed by atoms with Crippen LogP contribution in [0.4, 0.5) is 0 Å². The van der Waals surface area contributed by atoms with Crippen LogP contribution in [0.5, 0.6) is 0 Å². The van der Waals surface area contributed by atoms with Crippen molar-refractivity contribution in [2.45, 2.75) is 77.6 Å². The third kappa shape index (κ3) is 15.6. The number of aliphatic hydroxyl groups excluding tert-OH is 1. The van der Waals surface area contributed by atoms with Gasteiger partial charge in [-0.2, -0.15) is 0 Å². The van der Waals surface area contributed by atoms with Gasteiger partial charge in [0.25, 0.3) is 0 Å². The van der Waals surface area contributed by atoms with Crippen molar-refractivity contribution in [1.82, 2.24) is 4.90 Å². The van der Waals surface area contributed by atoms with Gasteiger partial charge >= 0.3 is 5.97 Å². The monoisotopic (exact) mass is 301 g/mol. The van der Waals surface area contributed by atoms with Crippen LogP contribution in [0.1, 0.15) is 77.6 Å². The number of rotatable bonds is 16. The molecular weight excluding hydrogens is 266 g/mol. The average molecular weight is 301 g/mol. The molecule has 0 fully saturated rings. The second-order valence-electron chi connectivity index (χ2n) is 5.89. The molecule has 0 aliphatic carbocycles. The summed E-state index contributed by atoms with van der Waals surface area (Å²) in [6.07, 6.45) is 13.3. The van der Waals surface area contributed by atoms with E-state index in [1.165, 1.54) is 57.8 Å².